The molecule has 0 bridgehead atoms. The van der Waals surface area contributed by atoms with Gasteiger partial charge in [0.2, 0.25) is 0 Å². The summed E-state index contributed by atoms with van der Waals surface area (Å²) >= 11 is 3.37. The molecule has 3 aromatic rings. The Hall–Kier alpha value is -3.10. The molecule has 1 N–H and O–H groups in total. The molecule has 5 rings (SSSR count). The van der Waals surface area contributed by atoms with Gasteiger partial charge < -0.3 is 29.3 Å². The Bertz CT molecular complexity index is 1440. The van der Waals surface area contributed by atoms with Gasteiger partial charge in [-0.05, 0) is 91.2 Å². The van der Waals surface area contributed by atoms with Crippen molar-refractivity contribution in [3.63, 3.8) is 0 Å². The van der Waals surface area contributed by atoms with E-state index in [0.29, 0.717) is 18.3 Å². The molecule has 50 heavy (non-hydrogen) atoms. The van der Waals surface area contributed by atoms with Gasteiger partial charge in [-0.15, -0.1) is 0 Å². The van der Waals surface area contributed by atoms with Crippen LogP contribution in [0.1, 0.15) is 89.5 Å². The monoisotopic (exact) mass is 748 g/mol. The van der Waals surface area contributed by atoms with E-state index >= 15 is 0 Å². The predicted molar refractivity (Wildman–Crippen MR) is 213 cm³/mol. The van der Waals surface area contributed by atoms with Crippen LogP contribution < -0.4 is 5.32 Å². The van der Waals surface area contributed by atoms with Gasteiger partial charge >= 0.3 is 0 Å². The van der Waals surface area contributed by atoms with E-state index in [9.17, 15) is 9.59 Å². The third-order valence-corrected chi connectivity index (χ3v) is 10.5. The minimum absolute atomic E-state index is 0.0944. The van der Waals surface area contributed by atoms with Crippen molar-refractivity contribution in [1.29, 1.82) is 0 Å². The molecule has 274 valence electrons. The fraction of sp³-hybridized carbons (Fsp3) is 0.488. The van der Waals surface area contributed by atoms with Crippen LogP contribution in [0.15, 0.2) is 72.9 Å². The van der Waals surface area contributed by atoms with E-state index in [1.807, 2.05) is 18.2 Å². The Labute approximate surface area is 311 Å². The molecule has 0 aromatic heterocycles. The van der Waals surface area contributed by atoms with Gasteiger partial charge in [-0.3, -0.25) is 0 Å². The van der Waals surface area contributed by atoms with Gasteiger partial charge in [0.1, 0.15) is 12.6 Å². The molecule has 2 aliphatic heterocycles. The minimum Gasteiger partial charge on any atom is -0.379 e. The highest BCUT2D eigenvalue weighted by atomic mass is 79.9. The number of nitrogens with zero attached hydrogens (tertiary/aromatic N) is 1. The summed E-state index contributed by atoms with van der Waals surface area (Å²) in [6, 6.07) is 21.0. The smallest absolute Gasteiger partial charge is 0.134 e. The highest BCUT2D eigenvalue weighted by molar-refractivity contribution is 9.10. The number of hydrogen-bond donors (Lipinski definition) is 1. The first-order valence-electron chi connectivity index (χ1n) is 18.0. The van der Waals surface area contributed by atoms with Crippen LogP contribution in [0, 0.1) is 34.6 Å². The van der Waals surface area contributed by atoms with E-state index in [1.165, 1.54) is 44.5 Å². The van der Waals surface area contributed by atoms with Gasteiger partial charge in [0.25, 0.3) is 0 Å². The lowest BCUT2D eigenvalue weighted by Gasteiger charge is -2.25. The minimum atomic E-state index is -0.0944. The number of ether oxygens (including phenoxy) is 2. The maximum Gasteiger partial charge on any atom is 0.134 e. The van der Waals surface area contributed by atoms with Crippen LogP contribution in [0.2, 0.25) is 0 Å². The zero-order chi connectivity index (χ0) is 36.9. The number of aldehydes is 2. The molecule has 6 nitrogen and oxygen atoms in total. The molecule has 4 atom stereocenters. The lowest BCUT2D eigenvalue weighted by Crippen LogP contribution is -2.32. The van der Waals surface area contributed by atoms with Crippen molar-refractivity contribution in [2.75, 3.05) is 52.6 Å². The van der Waals surface area contributed by atoms with Crippen LogP contribution >= 0.6 is 15.9 Å². The summed E-state index contributed by atoms with van der Waals surface area (Å²) in [5.74, 6) is 1.05. The van der Waals surface area contributed by atoms with Gasteiger partial charge in [-0.2, -0.15) is 0 Å². The lowest BCUT2D eigenvalue weighted by atomic mass is 9.92. The highest BCUT2D eigenvalue weighted by Gasteiger charge is 2.17. The number of alkyl halides is 1. The molecule has 3 aromatic carbocycles. The summed E-state index contributed by atoms with van der Waals surface area (Å²) in [5, 5.41) is 3.16. The Kier molecular flexibility index (Phi) is 20.8. The predicted octanol–water partition coefficient (Wildman–Crippen LogP) is 8.92. The number of nitrogens with one attached hydrogen (secondary N) is 1. The van der Waals surface area contributed by atoms with Gasteiger partial charge in [0.15, 0.2) is 0 Å². The van der Waals surface area contributed by atoms with E-state index in [2.05, 4.69) is 136 Å². The van der Waals surface area contributed by atoms with E-state index < -0.39 is 0 Å². The van der Waals surface area contributed by atoms with Crippen LogP contribution in [0.3, 0.4) is 0 Å². The number of benzene rings is 3. The Morgan fingerprint density at radius 2 is 1.24 bits per heavy atom. The topological polar surface area (TPSA) is 67.9 Å². The van der Waals surface area contributed by atoms with Crippen LogP contribution in [-0.2, 0) is 19.1 Å². The fourth-order valence-electron chi connectivity index (χ4n) is 5.83. The molecule has 0 spiro atoms. The average molecular weight is 750 g/mol. The largest absolute Gasteiger partial charge is 0.379 e. The van der Waals surface area contributed by atoms with Crippen molar-refractivity contribution in [1.82, 2.24) is 10.2 Å². The quantitative estimate of drug-likeness (QED) is 0.174. The summed E-state index contributed by atoms with van der Waals surface area (Å²) in [4.78, 5) is 23.2. The number of halogens is 1. The summed E-state index contributed by atoms with van der Waals surface area (Å²) in [6.07, 6.45) is 7.08. The average Bonchev–Trinajstić information content (AvgIpc) is 3.14. The van der Waals surface area contributed by atoms with E-state index in [0.717, 1.165) is 65.2 Å². The number of aryl methyl sites for hydroxylation is 3. The Balaban J connectivity index is 0.000000244. The van der Waals surface area contributed by atoms with Crippen molar-refractivity contribution in [2.45, 2.75) is 84.4 Å². The van der Waals surface area contributed by atoms with E-state index in [1.54, 1.807) is 0 Å². The number of carbonyl (C=O) groups excluding carboxylic acids is 2. The Morgan fingerprint density at radius 3 is 1.76 bits per heavy atom. The van der Waals surface area contributed by atoms with Crippen molar-refractivity contribution >= 4 is 28.5 Å². The zero-order valence-electron chi connectivity index (χ0n) is 31.7. The second-order valence-electron chi connectivity index (χ2n) is 13.2. The number of carbonyl (C=O) groups is 2. The highest BCUT2D eigenvalue weighted by Crippen LogP contribution is 2.27. The molecule has 0 aliphatic carbocycles. The van der Waals surface area contributed by atoms with E-state index in [4.69, 9.17) is 9.47 Å². The second-order valence-corrected chi connectivity index (χ2v) is 14.3. The molecular weight excluding hydrogens is 688 g/mol. The normalized spacial score (nSPS) is 16.6. The summed E-state index contributed by atoms with van der Waals surface area (Å²) in [6.45, 7) is 24.6. The van der Waals surface area contributed by atoms with E-state index in [-0.39, 0.29) is 10.7 Å². The lowest BCUT2D eigenvalue weighted by molar-refractivity contribution is -0.108. The van der Waals surface area contributed by atoms with Crippen LogP contribution in [0.4, 0.5) is 0 Å². The maximum atomic E-state index is 10.7. The molecule has 2 saturated heterocycles. The van der Waals surface area contributed by atoms with Gasteiger partial charge in [0, 0.05) is 44.4 Å². The van der Waals surface area contributed by atoms with Crippen molar-refractivity contribution in [2.24, 2.45) is 0 Å². The number of hydrogen-bond acceptors (Lipinski definition) is 6. The number of allylic oxidation sites excluding steroid dienone is 1. The fourth-order valence-corrected chi connectivity index (χ4v) is 6.12. The molecule has 2 fully saturated rings. The third kappa shape index (κ3) is 15.0. The molecule has 4 unspecified atom stereocenters. The first-order chi connectivity index (χ1) is 24.0. The standard InChI is InChI=1S/C16H23NO.C12H15BrO.C11H14O.C4H9NO/c1-13-5-4-6-16(15(13)3)14(2)7-8-17-9-11-18-12-10-17;1-8-5-4-6-11(9(8)2)10(3)12(13)7-14;1-9-5-3-4-6-11(9)10(2)7-8-12;1-3-6-4-2-5-1/h4-8,14H,9-12H2,1-3H3;4-7,10,12H,1-3H3;3-6,8,10H,7H2,1-2H3;5H,1-4H2/b8-7-;;;. The molecule has 7 heteroatoms. The summed E-state index contributed by atoms with van der Waals surface area (Å²) in [7, 11) is 0. The third-order valence-electron chi connectivity index (χ3n) is 9.53. The van der Waals surface area contributed by atoms with Crippen molar-refractivity contribution in [3.05, 3.63) is 117 Å². The second kappa shape index (κ2) is 24.2. The van der Waals surface area contributed by atoms with Crippen LogP contribution in [-0.4, -0.2) is 74.9 Å². The maximum absolute atomic E-state index is 10.7. The molecule has 0 radical (unpaired) electrons. The first-order valence-corrected chi connectivity index (χ1v) is 18.9. The first kappa shape index (κ1) is 43.1. The van der Waals surface area contributed by atoms with Gasteiger partial charge in [0.05, 0.1) is 31.3 Å². The van der Waals surface area contributed by atoms with Crippen LogP contribution in [0.25, 0.3) is 0 Å². The number of rotatable bonds is 9. The summed E-state index contributed by atoms with van der Waals surface area (Å²) in [5.41, 5.74) is 10.6. The molecular formula is C43H61BrN2O4. The molecule has 0 amide bonds. The van der Waals surface area contributed by atoms with Gasteiger partial charge in [-0.25, -0.2) is 0 Å². The molecule has 0 saturated carbocycles. The van der Waals surface area contributed by atoms with Crippen molar-refractivity contribution < 1.29 is 19.1 Å². The SMILES string of the molecule is C1COCCN1.Cc1cccc(C(C)/C=C\N2CCOCC2)c1C.Cc1cccc(C(C)C(Br)C=O)c1C.Cc1ccccc1C(C)CC=O. The molecule has 2 aliphatic rings. The van der Waals surface area contributed by atoms with Crippen LogP contribution in [0.5, 0.6) is 0 Å². The number of morpholine rings is 2. The molecule has 2 heterocycles. The Morgan fingerprint density at radius 1 is 0.720 bits per heavy atom. The van der Waals surface area contributed by atoms with Gasteiger partial charge in [-0.1, -0.05) is 103 Å². The zero-order valence-corrected chi connectivity index (χ0v) is 33.3. The van der Waals surface area contributed by atoms with Crippen molar-refractivity contribution in [3.8, 4) is 0 Å². The summed E-state index contributed by atoms with van der Waals surface area (Å²) < 4.78 is 10.4.